The van der Waals surface area contributed by atoms with Crippen LogP contribution < -0.4 is 16.8 Å². The summed E-state index contributed by atoms with van der Waals surface area (Å²) >= 11 is 2.45. The van der Waals surface area contributed by atoms with Gasteiger partial charge in [-0.05, 0) is 27.2 Å². The van der Waals surface area contributed by atoms with Crippen molar-refractivity contribution in [2.75, 3.05) is 24.9 Å². The number of thiazole rings is 1. The van der Waals surface area contributed by atoms with E-state index in [4.69, 9.17) is 25.7 Å². The molecule has 0 saturated carbocycles. The molecule has 39 heavy (non-hydrogen) atoms. The molecule has 3 rings (SSSR count). The standard InChI is InChI=1S/C23H29N5O8S2.BrH/c1-5-6-12(13-9-38-21(24)26-13)16(29)27-14-17(30)28-15(11(7-34-22(25)33)8-37-18(14)28)19(31)35-10-36-20(32)23(2,3)4;/h6,9,14,18H,5,7-8,10H2,1-4H3,(H2,24,26)(H2,25,33)(H,27,29);1H/b12-6+;. The average Bonchev–Trinajstić information content (AvgIpc) is 3.28. The number of amides is 3. The van der Waals surface area contributed by atoms with E-state index >= 15 is 0 Å². The highest BCUT2D eigenvalue weighted by molar-refractivity contribution is 8.93. The third-order valence-electron chi connectivity index (χ3n) is 5.36. The van der Waals surface area contributed by atoms with Gasteiger partial charge in [0.05, 0.1) is 16.7 Å². The van der Waals surface area contributed by atoms with Gasteiger partial charge in [0.1, 0.15) is 23.7 Å². The molecule has 0 bridgehead atoms. The number of thioether (sulfide) groups is 1. The van der Waals surface area contributed by atoms with Crippen LogP contribution in [0.5, 0.6) is 0 Å². The molecule has 2 aliphatic rings. The number of ether oxygens (including phenoxy) is 3. The predicted octanol–water partition coefficient (Wildman–Crippen LogP) is 1.94. The van der Waals surface area contributed by atoms with Crippen molar-refractivity contribution in [1.29, 1.82) is 0 Å². The first kappa shape index (κ1) is 32.1. The minimum absolute atomic E-state index is 0. The lowest BCUT2D eigenvalue weighted by Crippen LogP contribution is -2.70. The van der Waals surface area contributed by atoms with Crippen molar-refractivity contribution in [2.24, 2.45) is 11.1 Å². The lowest BCUT2D eigenvalue weighted by Gasteiger charge is -2.49. The van der Waals surface area contributed by atoms with Crippen molar-refractivity contribution in [3.05, 3.63) is 28.4 Å². The number of halogens is 1. The van der Waals surface area contributed by atoms with E-state index in [0.29, 0.717) is 17.2 Å². The first-order chi connectivity index (χ1) is 17.8. The molecule has 0 spiro atoms. The molecule has 3 heterocycles. The Bertz CT molecular complexity index is 1210. The summed E-state index contributed by atoms with van der Waals surface area (Å²) in [7, 11) is 0. The lowest BCUT2D eigenvalue weighted by atomic mass is 9.98. The molecule has 13 nitrogen and oxygen atoms in total. The van der Waals surface area contributed by atoms with Crippen LogP contribution in [0.15, 0.2) is 22.7 Å². The van der Waals surface area contributed by atoms with Gasteiger partial charge in [-0.3, -0.25) is 19.3 Å². The monoisotopic (exact) mass is 647 g/mol. The number of carbonyl (C=O) groups is 5. The van der Waals surface area contributed by atoms with Crippen LogP contribution in [-0.2, 0) is 33.4 Å². The first-order valence-corrected chi connectivity index (χ1v) is 13.4. The Labute approximate surface area is 243 Å². The van der Waals surface area contributed by atoms with E-state index in [9.17, 15) is 24.0 Å². The zero-order valence-electron chi connectivity index (χ0n) is 21.7. The number of primary amides is 1. The molecule has 5 N–H and O–H groups in total. The van der Waals surface area contributed by atoms with E-state index in [-0.39, 0.29) is 46.2 Å². The number of aromatic nitrogens is 1. The zero-order chi connectivity index (χ0) is 28.2. The van der Waals surface area contributed by atoms with Gasteiger partial charge in [0.15, 0.2) is 5.13 Å². The van der Waals surface area contributed by atoms with E-state index < -0.39 is 53.5 Å². The number of carbonyl (C=O) groups excluding carboxylic acids is 5. The summed E-state index contributed by atoms with van der Waals surface area (Å²) in [6.45, 7) is 5.74. The van der Waals surface area contributed by atoms with Crippen LogP contribution in [0.2, 0.25) is 0 Å². The van der Waals surface area contributed by atoms with Gasteiger partial charge in [0.25, 0.3) is 11.8 Å². The molecule has 2 unspecified atom stereocenters. The largest absolute Gasteiger partial charge is 0.445 e. The van der Waals surface area contributed by atoms with Crippen LogP contribution in [0.3, 0.4) is 0 Å². The number of nitrogens with zero attached hydrogens (tertiary/aromatic N) is 2. The minimum Gasteiger partial charge on any atom is -0.445 e. The number of nitrogens with one attached hydrogen (secondary N) is 1. The topological polar surface area (TPSA) is 193 Å². The van der Waals surface area contributed by atoms with E-state index in [1.54, 1.807) is 32.2 Å². The summed E-state index contributed by atoms with van der Waals surface area (Å²) in [5.41, 5.74) is 10.7. The van der Waals surface area contributed by atoms with Crippen molar-refractivity contribution in [3.63, 3.8) is 0 Å². The number of esters is 2. The maximum atomic E-state index is 13.1. The second-order valence-electron chi connectivity index (χ2n) is 9.25. The Balaban J connectivity index is 0.00000533. The molecule has 2 atom stereocenters. The maximum absolute atomic E-state index is 13.1. The van der Waals surface area contributed by atoms with Gasteiger partial charge in [0, 0.05) is 16.7 Å². The highest BCUT2D eigenvalue weighted by Crippen LogP contribution is 2.41. The highest BCUT2D eigenvalue weighted by atomic mass is 79.9. The molecule has 16 heteroatoms. The fourth-order valence-electron chi connectivity index (χ4n) is 3.51. The molecule has 0 aromatic carbocycles. The normalized spacial score (nSPS) is 18.8. The summed E-state index contributed by atoms with van der Waals surface area (Å²) in [5.74, 6) is -2.45. The van der Waals surface area contributed by atoms with Crippen LogP contribution in [0, 0.1) is 5.41 Å². The fourth-order valence-corrected chi connectivity index (χ4v) is 5.40. The Kier molecular flexibility index (Phi) is 10.9. The summed E-state index contributed by atoms with van der Waals surface area (Å²) in [6.07, 6.45) is 1.17. The average molecular weight is 649 g/mol. The van der Waals surface area contributed by atoms with Crippen molar-refractivity contribution < 1.29 is 38.2 Å². The molecule has 3 amide bonds. The molecule has 0 radical (unpaired) electrons. The number of nitrogens with two attached hydrogens (primary N) is 2. The Morgan fingerprint density at radius 2 is 1.92 bits per heavy atom. The number of hydrogen-bond acceptors (Lipinski definition) is 12. The number of hydrogen-bond donors (Lipinski definition) is 3. The Morgan fingerprint density at radius 3 is 2.49 bits per heavy atom. The second-order valence-corrected chi connectivity index (χ2v) is 11.2. The van der Waals surface area contributed by atoms with E-state index in [0.717, 1.165) is 4.90 Å². The van der Waals surface area contributed by atoms with E-state index in [1.165, 1.54) is 23.1 Å². The third kappa shape index (κ3) is 7.51. The van der Waals surface area contributed by atoms with Gasteiger partial charge in [-0.2, -0.15) is 0 Å². The lowest BCUT2D eigenvalue weighted by molar-refractivity contribution is -0.173. The van der Waals surface area contributed by atoms with Gasteiger partial charge < -0.3 is 31.0 Å². The minimum atomic E-state index is -1.06. The number of allylic oxidation sites excluding steroid dienone is 1. The quantitative estimate of drug-likeness (QED) is 0.153. The Hall–Kier alpha value is -3.11. The summed E-state index contributed by atoms with van der Waals surface area (Å²) < 4.78 is 14.9. The van der Waals surface area contributed by atoms with Crippen LogP contribution in [0.25, 0.3) is 5.57 Å². The zero-order valence-corrected chi connectivity index (χ0v) is 25.0. The molecule has 214 valence electrons. The second kappa shape index (κ2) is 13.3. The number of rotatable bonds is 9. The van der Waals surface area contributed by atoms with E-state index in [1.807, 2.05) is 6.92 Å². The molecule has 1 fully saturated rings. The van der Waals surface area contributed by atoms with Gasteiger partial charge >= 0.3 is 18.0 Å². The smallest absolute Gasteiger partial charge is 0.404 e. The molecular formula is C23H30BrN5O8S2. The van der Waals surface area contributed by atoms with Gasteiger partial charge in [-0.1, -0.05) is 13.0 Å². The summed E-state index contributed by atoms with van der Waals surface area (Å²) in [6, 6.07) is -0.941. The molecule has 1 aromatic rings. The molecular weight excluding hydrogens is 618 g/mol. The summed E-state index contributed by atoms with van der Waals surface area (Å²) in [5, 5.41) is 4.03. The van der Waals surface area contributed by atoms with E-state index in [2.05, 4.69) is 10.3 Å². The van der Waals surface area contributed by atoms with Crippen LogP contribution >= 0.6 is 40.1 Å². The highest BCUT2D eigenvalue weighted by Gasteiger charge is 2.54. The van der Waals surface area contributed by atoms with Gasteiger partial charge in [-0.15, -0.1) is 40.1 Å². The molecule has 1 saturated heterocycles. The van der Waals surface area contributed by atoms with Gasteiger partial charge in [0.2, 0.25) is 6.79 Å². The van der Waals surface area contributed by atoms with Crippen LogP contribution in [0.1, 0.15) is 39.8 Å². The number of nitrogen functional groups attached to an aromatic ring is 1. The number of β-lactam (4-membered cyclic amide) rings is 1. The molecule has 2 aliphatic heterocycles. The first-order valence-electron chi connectivity index (χ1n) is 11.5. The fraction of sp³-hybridized carbons (Fsp3) is 0.478. The molecule has 0 aliphatic carbocycles. The van der Waals surface area contributed by atoms with Crippen molar-refractivity contribution in [1.82, 2.24) is 15.2 Å². The van der Waals surface area contributed by atoms with Crippen molar-refractivity contribution >= 4 is 80.6 Å². The third-order valence-corrected chi connectivity index (χ3v) is 7.37. The van der Waals surface area contributed by atoms with Crippen LogP contribution in [0.4, 0.5) is 9.93 Å². The molecule has 1 aromatic heterocycles. The van der Waals surface area contributed by atoms with Crippen molar-refractivity contribution in [2.45, 2.75) is 45.5 Å². The maximum Gasteiger partial charge on any atom is 0.404 e. The van der Waals surface area contributed by atoms with Crippen LogP contribution in [-0.4, -0.2) is 70.3 Å². The Morgan fingerprint density at radius 1 is 1.23 bits per heavy atom. The van der Waals surface area contributed by atoms with Crippen molar-refractivity contribution in [3.8, 4) is 0 Å². The SMILES string of the molecule is Br.CC/C=C(/C(=O)NC1C(=O)N2C(C(=O)OCOC(=O)C(C)(C)C)=C(COC(N)=O)CSC12)c1csc(N)n1. The number of anilines is 1. The van der Waals surface area contributed by atoms with Gasteiger partial charge in [-0.25, -0.2) is 14.6 Å². The number of fused-ring (bicyclic) bond motifs is 1. The predicted molar refractivity (Wildman–Crippen MR) is 149 cm³/mol. The summed E-state index contributed by atoms with van der Waals surface area (Å²) in [4.78, 5) is 67.6.